The van der Waals surface area contributed by atoms with Crippen molar-refractivity contribution in [3.05, 3.63) is 64.2 Å². The zero-order chi connectivity index (χ0) is 13.8. The van der Waals surface area contributed by atoms with Crippen molar-refractivity contribution in [2.45, 2.75) is 22.8 Å². The normalized spacial score (nSPS) is 12.1. The Morgan fingerprint density at radius 3 is 2.37 bits per heavy atom. The maximum absolute atomic E-state index is 10.6. The molecule has 2 aromatic rings. The zero-order valence-electron chi connectivity index (χ0n) is 10.4. The Balaban J connectivity index is 2.24. The molecule has 0 aromatic heterocycles. The highest BCUT2D eigenvalue weighted by molar-refractivity contribution is 7.99. The second kappa shape index (κ2) is 5.86. The summed E-state index contributed by atoms with van der Waals surface area (Å²) in [6.07, 6.45) is 0. The van der Waals surface area contributed by atoms with Gasteiger partial charge in [0.2, 0.25) is 0 Å². The minimum atomic E-state index is -0.398. The van der Waals surface area contributed by atoms with Gasteiger partial charge in [-0.25, -0.2) is 0 Å². The van der Waals surface area contributed by atoms with Gasteiger partial charge in [0.1, 0.15) is 0 Å². The Labute approximate surface area is 115 Å². The van der Waals surface area contributed by atoms with Crippen molar-refractivity contribution in [1.29, 1.82) is 0 Å². The molecule has 0 aliphatic rings. The van der Waals surface area contributed by atoms with Crippen LogP contribution in [0.2, 0.25) is 0 Å². The van der Waals surface area contributed by atoms with Crippen molar-refractivity contribution in [1.82, 2.24) is 0 Å². The van der Waals surface area contributed by atoms with Crippen LogP contribution < -0.4 is 5.73 Å². The zero-order valence-corrected chi connectivity index (χ0v) is 11.3. The summed E-state index contributed by atoms with van der Waals surface area (Å²) >= 11 is 1.56. The van der Waals surface area contributed by atoms with Crippen LogP contribution in [-0.2, 0) is 0 Å². The Morgan fingerprint density at radius 2 is 1.79 bits per heavy atom. The van der Waals surface area contributed by atoms with Crippen LogP contribution in [0.25, 0.3) is 0 Å². The van der Waals surface area contributed by atoms with Gasteiger partial charge in [0, 0.05) is 28.0 Å². The van der Waals surface area contributed by atoms with Gasteiger partial charge in [-0.15, -0.1) is 0 Å². The van der Waals surface area contributed by atoms with Crippen molar-refractivity contribution in [3.63, 3.8) is 0 Å². The van der Waals surface area contributed by atoms with E-state index in [1.807, 2.05) is 31.2 Å². The summed E-state index contributed by atoms with van der Waals surface area (Å²) in [6, 6.07) is 14.4. The van der Waals surface area contributed by atoms with Crippen LogP contribution in [0.15, 0.2) is 58.3 Å². The van der Waals surface area contributed by atoms with Crippen molar-refractivity contribution >= 4 is 17.4 Å². The minimum absolute atomic E-state index is 0.0400. The maximum atomic E-state index is 10.6. The molecule has 19 heavy (non-hydrogen) atoms. The third-order valence-electron chi connectivity index (χ3n) is 2.68. The number of rotatable bonds is 4. The summed E-state index contributed by atoms with van der Waals surface area (Å²) in [7, 11) is 0. The van der Waals surface area contributed by atoms with E-state index in [1.165, 1.54) is 12.1 Å². The van der Waals surface area contributed by atoms with Gasteiger partial charge in [-0.3, -0.25) is 10.1 Å². The fourth-order valence-corrected chi connectivity index (χ4v) is 2.76. The summed E-state index contributed by atoms with van der Waals surface area (Å²) in [5.74, 6) is 0. The molecule has 2 aromatic carbocycles. The number of nitrogens with two attached hydrogens (primary N) is 1. The Morgan fingerprint density at radius 1 is 1.16 bits per heavy atom. The fraction of sp³-hybridized carbons (Fsp3) is 0.143. The number of nitrogens with zero attached hydrogens (tertiary/aromatic N) is 1. The second-order valence-electron chi connectivity index (χ2n) is 4.18. The molecule has 4 nitrogen and oxygen atoms in total. The molecule has 5 heteroatoms. The lowest BCUT2D eigenvalue weighted by Crippen LogP contribution is -2.05. The number of benzene rings is 2. The molecule has 0 heterocycles. The predicted octanol–water partition coefficient (Wildman–Crippen LogP) is 3.77. The quantitative estimate of drug-likeness (QED) is 0.680. The standard InChI is InChI=1S/C14H14N2O2S/c1-10(15)13-4-2-3-5-14(13)19-12-8-6-11(7-9-12)16(17)18/h2-10H,15H2,1H3/t10-/m1/s1. The lowest BCUT2D eigenvalue weighted by molar-refractivity contribution is -0.384. The van der Waals surface area contributed by atoms with Crippen LogP contribution in [0.5, 0.6) is 0 Å². The van der Waals surface area contributed by atoms with Crippen molar-refractivity contribution < 1.29 is 4.92 Å². The van der Waals surface area contributed by atoms with E-state index < -0.39 is 4.92 Å². The third-order valence-corrected chi connectivity index (χ3v) is 3.78. The first-order valence-electron chi connectivity index (χ1n) is 5.85. The maximum Gasteiger partial charge on any atom is 0.269 e. The summed E-state index contributed by atoms with van der Waals surface area (Å²) < 4.78 is 0. The highest BCUT2D eigenvalue weighted by Crippen LogP contribution is 2.33. The number of non-ortho nitro benzene ring substituents is 1. The molecule has 1 atom stereocenters. The largest absolute Gasteiger partial charge is 0.324 e. The molecular formula is C14H14N2O2S. The molecule has 0 aliphatic heterocycles. The molecular weight excluding hydrogens is 260 g/mol. The van der Waals surface area contributed by atoms with Gasteiger partial charge in [-0.2, -0.15) is 0 Å². The number of nitro benzene ring substituents is 1. The first-order chi connectivity index (χ1) is 9.08. The highest BCUT2D eigenvalue weighted by atomic mass is 32.2. The topological polar surface area (TPSA) is 69.2 Å². The van der Waals surface area contributed by atoms with Crippen LogP contribution in [0.4, 0.5) is 5.69 Å². The molecule has 0 spiro atoms. The first kappa shape index (κ1) is 13.6. The average Bonchev–Trinajstić information content (AvgIpc) is 2.39. The van der Waals surface area contributed by atoms with E-state index in [9.17, 15) is 10.1 Å². The molecule has 0 aliphatic carbocycles. The SMILES string of the molecule is C[C@@H](N)c1ccccc1Sc1ccc([N+](=O)[O-])cc1. The summed E-state index contributed by atoms with van der Waals surface area (Å²) in [4.78, 5) is 12.2. The molecule has 2 N–H and O–H groups in total. The summed E-state index contributed by atoms with van der Waals surface area (Å²) in [5, 5.41) is 10.6. The number of hydrogen-bond donors (Lipinski definition) is 1. The van der Waals surface area contributed by atoms with Gasteiger partial charge in [0.05, 0.1) is 4.92 Å². The molecule has 0 saturated heterocycles. The van der Waals surface area contributed by atoms with Gasteiger partial charge in [-0.05, 0) is 30.7 Å². The molecule has 0 saturated carbocycles. The molecule has 0 amide bonds. The average molecular weight is 274 g/mol. The predicted molar refractivity (Wildman–Crippen MR) is 76.3 cm³/mol. The highest BCUT2D eigenvalue weighted by Gasteiger charge is 2.09. The first-order valence-corrected chi connectivity index (χ1v) is 6.66. The third kappa shape index (κ3) is 3.33. The van der Waals surface area contributed by atoms with Gasteiger partial charge in [0.25, 0.3) is 5.69 Å². The minimum Gasteiger partial charge on any atom is -0.324 e. The molecule has 0 radical (unpaired) electrons. The molecule has 2 rings (SSSR count). The van der Waals surface area contributed by atoms with E-state index in [4.69, 9.17) is 5.73 Å². The van der Waals surface area contributed by atoms with Gasteiger partial charge >= 0.3 is 0 Å². The second-order valence-corrected chi connectivity index (χ2v) is 5.29. The van der Waals surface area contributed by atoms with Crippen molar-refractivity contribution in [3.8, 4) is 0 Å². The van der Waals surface area contributed by atoms with Crippen LogP contribution >= 0.6 is 11.8 Å². The van der Waals surface area contributed by atoms with Gasteiger partial charge in [0.15, 0.2) is 0 Å². The van der Waals surface area contributed by atoms with Gasteiger partial charge < -0.3 is 5.73 Å². The monoisotopic (exact) mass is 274 g/mol. The number of hydrogen-bond acceptors (Lipinski definition) is 4. The van der Waals surface area contributed by atoms with E-state index in [-0.39, 0.29) is 11.7 Å². The Kier molecular flexibility index (Phi) is 4.19. The summed E-state index contributed by atoms with van der Waals surface area (Å²) in [5.41, 5.74) is 7.11. The lowest BCUT2D eigenvalue weighted by atomic mass is 10.1. The lowest BCUT2D eigenvalue weighted by Gasteiger charge is -2.11. The van der Waals surface area contributed by atoms with Crippen molar-refractivity contribution in [2.24, 2.45) is 5.73 Å². The molecule has 98 valence electrons. The molecule has 0 fully saturated rings. The van der Waals surface area contributed by atoms with Crippen molar-refractivity contribution in [2.75, 3.05) is 0 Å². The number of nitro groups is 1. The fourth-order valence-electron chi connectivity index (χ4n) is 1.71. The van der Waals surface area contributed by atoms with Crippen LogP contribution in [0, 0.1) is 10.1 Å². The van der Waals surface area contributed by atoms with Crippen LogP contribution in [0.3, 0.4) is 0 Å². The van der Waals surface area contributed by atoms with E-state index in [0.29, 0.717) is 0 Å². The molecule has 0 unspecified atom stereocenters. The molecule has 0 bridgehead atoms. The van der Waals surface area contributed by atoms with E-state index in [2.05, 4.69) is 0 Å². The van der Waals surface area contributed by atoms with Crippen LogP contribution in [-0.4, -0.2) is 4.92 Å². The van der Waals surface area contributed by atoms with E-state index in [0.717, 1.165) is 15.4 Å². The Hall–Kier alpha value is -1.85. The van der Waals surface area contributed by atoms with E-state index >= 15 is 0 Å². The van der Waals surface area contributed by atoms with Crippen LogP contribution in [0.1, 0.15) is 18.5 Å². The summed E-state index contributed by atoms with van der Waals surface area (Å²) in [6.45, 7) is 1.94. The van der Waals surface area contributed by atoms with E-state index in [1.54, 1.807) is 23.9 Å². The van der Waals surface area contributed by atoms with Gasteiger partial charge in [-0.1, -0.05) is 30.0 Å². The smallest absolute Gasteiger partial charge is 0.269 e. The Bertz CT molecular complexity index is 582.